The van der Waals surface area contributed by atoms with Crippen molar-refractivity contribution < 1.29 is 14.2 Å². The summed E-state index contributed by atoms with van der Waals surface area (Å²) in [6.07, 6.45) is 5.77. The Balaban J connectivity index is 1.46. The molecule has 1 aromatic heterocycles. The number of fused-ring (bicyclic) bond motifs is 4. The summed E-state index contributed by atoms with van der Waals surface area (Å²) < 4.78 is 19.7. The van der Waals surface area contributed by atoms with E-state index in [9.17, 15) is 4.79 Å². The Morgan fingerprint density at radius 2 is 2.00 bits per heavy atom. The molecule has 0 amide bonds. The lowest BCUT2D eigenvalue weighted by Gasteiger charge is -2.36. The fourth-order valence-electron chi connectivity index (χ4n) is 5.15. The number of anilines is 2. The third-order valence-corrected chi connectivity index (χ3v) is 7.03. The van der Waals surface area contributed by atoms with Crippen LogP contribution in [-0.4, -0.2) is 48.9 Å². The van der Waals surface area contributed by atoms with Gasteiger partial charge in [-0.1, -0.05) is 6.92 Å². The van der Waals surface area contributed by atoms with E-state index in [0.29, 0.717) is 24.7 Å². The average Bonchev–Trinajstić information content (AvgIpc) is 3.04. The molecule has 2 unspecified atom stereocenters. The van der Waals surface area contributed by atoms with Crippen molar-refractivity contribution in [2.45, 2.75) is 65.3 Å². The summed E-state index contributed by atoms with van der Waals surface area (Å²) in [5.74, 6) is 1.27. The molecule has 3 aliphatic heterocycles. The molecule has 2 aromatic rings. The highest BCUT2D eigenvalue weighted by Crippen LogP contribution is 2.38. The van der Waals surface area contributed by atoms with E-state index in [1.807, 2.05) is 0 Å². The Morgan fingerprint density at radius 3 is 2.73 bits per heavy atom. The SMILES string of the molecule is CCc1cc2c(cc1N(CC)CC)CCN1c3cnn(C4CCCCO4)c(=O)c3OCC1O2. The molecule has 1 fully saturated rings. The Kier molecular flexibility index (Phi) is 6.19. The molecule has 8 heteroatoms. The van der Waals surface area contributed by atoms with Gasteiger partial charge >= 0.3 is 5.56 Å². The van der Waals surface area contributed by atoms with Crippen LogP contribution < -0.4 is 24.8 Å². The van der Waals surface area contributed by atoms with E-state index in [1.54, 1.807) is 6.20 Å². The first-order valence-corrected chi connectivity index (χ1v) is 12.3. The fourth-order valence-corrected chi connectivity index (χ4v) is 5.15. The molecule has 0 radical (unpaired) electrons. The summed E-state index contributed by atoms with van der Waals surface area (Å²) in [6.45, 7) is 10.2. The van der Waals surface area contributed by atoms with Gasteiger partial charge in [0.1, 0.15) is 18.0 Å². The standard InChI is InChI=1S/C25H34N4O4/c1-4-17-14-21-18(13-19(17)27(5-2)6-3)10-11-28-20-15-26-29(22-9-7-8-12-31-22)25(30)24(20)32-16-23(28)33-21/h13-15,22-23H,4-12,16H2,1-3H3. The first kappa shape index (κ1) is 22.1. The van der Waals surface area contributed by atoms with E-state index < -0.39 is 0 Å². The van der Waals surface area contributed by atoms with Gasteiger partial charge in [-0.3, -0.25) is 4.79 Å². The topological polar surface area (TPSA) is 69.1 Å². The lowest BCUT2D eigenvalue weighted by Crippen LogP contribution is -2.48. The Labute approximate surface area is 195 Å². The summed E-state index contributed by atoms with van der Waals surface area (Å²) in [5, 5.41) is 4.47. The van der Waals surface area contributed by atoms with Crippen molar-refractivity contribution in [3.05, 3.63) is 39.8 Å². The third-order valence-electron chi connectivity index (χ3n) is 7.03. The van der Waals surface area contributed by atoms with Crippen molar-refractivity contribution in [2.75, 3.05) is 42.6 Å². The summed E-state index contributed by atoms with van der Waals surface area (Å²) >= 11 is 0. The number of aryl methyl sites for hydroxylation is 1. The van der Waals surface area contributed by atoms with E-state index in [0.717, 1.165) is 57.5 Å². The molecule has 0 N–H and O–H groups in total. The summed E-state index contributed by atoms with van der Waals surface area (Å²) in [7, 11) is 0. The van der Waals surface area contributed by atoms with Crippen LogP contribution in [0.4, 0.5) is 11.4 Å². The minimum Gasteiger partial charge on any atom is -0.480 e. The minimum absolute atomic E-state index is 0.225. The Morgan fingerprint density at radius 1 is 1.15 bits per heavy atom. The molecule has 1 saturated heterocycles. The predicted molar refractivity (Wildman–Crippen MR) is 128 cm³/mol. The van der Waals surface area contributed by atoms with Gasteiger partial charge in [0.2, 0.25) is 12.0 Å². The van der Waals surface area contributed by atoms with Crippen molar-refractivity contribution in [1.82, 2.24) is 9.78 Å². The van der Waals surface area contributed by atoms with Gasteiger partial charge in [-0.15, -0.1) is 0 Å². The average molecular weight is 455 g/mol. The van der Waals surface area contributed by atoms with Crippen molar-refractivity contribution in [3.63, 3.8) is 0 Å². The van der Waals surface area contributed by atoms with Gasteiger partial charge in [-0.25, -0.2) is 0 Å². The number of aromatic nitrogens is 2. The molecule has 0 bridgehead atoms. The lowest BCUT2D eigenvalue weighted by molar-refractivity contribution is -0.0432. The summed E-state index contributed by atoms with van der Waals surface area (Å²) in [4.78, 5) is 17.7. The molecule has 2 atom stereocenters. The van der Waals surface area contributed by atoms with Gasteiger partial charge in [0.15, 0.2) is 6.23 Å². The number of ether oxygens (including phenoxy) is 3. The predicted octanol–water partition coefficient (Wildman–Crippen LogP) is 3.51. The van der Waals surface area contributed by atoms with Crippen molar-refractivity contribution in [1.29, 1.82) is 0 Å². The van der Waals surface area contributed by atoms with E-state index >= 15 is 0 Å². The summed E-state index contributed by atoms with van der Waals surface area (Å²) in [5.41, 5.74) is 4.26. The van der Waals surface area contributed by atoms with Crippen molar-refractivity contribution in [3.8, 4) is 11.5 Å². The molecule has 178 valence electrons. The van der Waals surface area contributed by atoms with Gasteiger partial charge in [0, 0.05) is 31.9 Å². The van der Waals surface area contributed by atoms with E-state index in [2.05, 4.69) is 47.8 Å². The second-order valence-corrected chi connectivity index (χ2v) is 8.87. The first-order chi connectivity index (χ1) is 16.1. The second-order valence-electron chi connectivity index (χ2n) is 8.87. The monoisotopic (exact) mass is 454 g/mol. The molecule has 3 aliphatic rings. The normalized spacial score (nSPS) is 21.7. The Hall–Kier alpha value is -2.74. The molecule has 33 heavy (non-hydrogen) atoms. The highest BCUT2D eigenvalue weighted by atomic mass is 16.6. The van der Waals surface area contributed by atoms with Gasteiger partial charge in [0.25, 0.3) is 0 Å². The largest absolute Gasteiger partial charge is 0.480 e. The van der Waals surface area contributed by atoms with Gasteiger partial charge in [-0.2, -0.15) is 9.78 Å². The van der Waals surface area contributed by atoms with Crippen LogP contribution in [0.15, 0.2) is 23.1 Å². The zero-order chi connectivity index (χ0) is 22.9. The van der Waals surface area contributed by atoms with Crippen molar-refractivity contribution in [2.24, 2.45) is 0 Å². The number of hydrogen-bond acceptors (Lipinski definition) is 7. The molecule has 8 nitrogen and oxygen atoms in total. The number of hydrogen-bond donors (Lipinski definition) is 0. The van der Waals surface area contributed by atoms with Crippen LogP contribution in [0.1, 0.15) is 57.4 Å². The molecular formula is C25H34N4O4. The molecule has 0 saturated carbocycles. The van der Waals surface area contributed by atoms with Crippen LogP contribution in [0.2, 0.25) is 0 Å². The Bertz CT molecular complexity index is 1060. The molecule has 4 heterocycles. The smallest absolute Gasteiger partial charge is 0.313 e. The lowest BCUT2D eigenvalue weighted by atomic mass is 10.0. The fraction of sp³-hybridized carbons (Fsp3) is 0.600. The molecule has 0 aliphatic carbocycles. The van der Waals surface area contributed by atoms with E-state index in [1.165, 1.54) is 21.5 Å². The van der Waals surface area contributed by atoms with Crippen LogP contribution in [0.25, 0.3) is 0 Å². The third kappa shape index (κ3) is 3.94. The van der Waals surface area contributed by atoms with Crippen LogP contribution >= 0.6 is 0 Å². The van der Waals surface area contributed by atoms with Crippen LogP contribution in [0, 0.1) is 0 Å². The van der Waals surface area contributed by atoms with Gasteiger partial charge < -0.3 is 24.0 Å². The molecule has 1 aromatic carbocycles. The van der Waals surface area contributed by atoms with Crippen molar-refractivity contribution >= 4 is 11.4 Å². The van der Waals surface area contributed by atoms with Gasteiger partial charge in [0.05, 0.1) is 6.20 Å². The maximum atomic E-state index is 13.2. The second kappa shape index (κ2) is 9.25. The quantitative estimate of drug-likeness (QED) is 0.685. The molecule has 5 rings (SSSR count). The maximum absolute atomic E-state index is 13.2. The van der Waals surface area contributed by atoms with E-state index in [4.69, 9.17) is 14.2 Å². The zero-order valence-corrected chi connectivity index (χ0v) is 19.9. The highest BCUT2D eigenvalue weighted by molar-refractivity contribution is 5.62. The number of nitrogens with zero attached hydrogens (tertiary/aromatic N) is 4. The van der Waals surface area contributed by atoms with Crippen LogP contribution in [0.5, 0.6) is 11.5 Å². The van der Waals surface area contributed by atoms with Gasteiger partial charge in [-0.05, 0) is 69.2 Å². The zero-order valence-electron chi connectivity index (χ0n) is 19.9. The van der Waals surface area contributed by atoms with Crippen LogP contribution in [-0.2, 0) is 17.6 Å². The maximum Gasteiger partial charge on any atom is 0.313 e. The number of rotatable bonds is 5. The van der Waals surface area contributed by atoms with E-state index in [-0.39, 0.29) is 18.0 Å². The van der Waals surface area contributed by atoms with Crippen LogP contribution in [0.3, 0.4) is 0 Å². The minimum atomic E-state index is -0.312. The number of benzene rings is 1. The molecular weight excluding hydrogens is 420 g/mol. The molecule has 0 spiro atoms. The highest BCUT2D eigenvalue weighted by Gasteiger charge is 2.35. The first-order valence-electron chi connectivity index (χ1n) is 12.3. The summed E-state index contributed by atoms with van der Waals surface area (Å²) in [6, 6.07) is 4.48.